The fraction of sp³-hybridized carbons (Fsp3) is 0.200. The number of hydrogen-bond donors (Lipinski definition) is 1. The van der Waals surface area contributed by atoms with Crippen molar-refractivity contribution in [2.45, 2.75) is 18.9 Å². The Morgan fingerprint density at radius 3 is 2.65 bits per heavy atom. The minimum Gasteiger partial charge on any atom is -0.376 e. The van der Waals surface area contributed by atoms with Crippen molar-refractivity contribution in [3.63, 3.8) is 0 Å². The van der Waals surface area contributed by atoms with Gasteiger partial charge in [0.05, 0.1) is 11.7 Å². The van der Waals surface area contributed by atoms with Crippen molar-refractivity contribution in [1.29, 1.82) is 0 Å². The number of anilines is 1. The molecule has 1 unspecified atom stereocenters. The molecule has 1 atom stereocenters. The highest BCUT2D eigenvalue weighted by molar-refractivity contribution is 9.10. The van der Waals surface area contributed by atoms with E-state index < -0.39 is 17.5 Å². The summed E-state index contributed by atoms with van der Waals surface area (Å²) >= 11 is 3.48. The second-order valence-electron chi connectivity index (χ2n) is 4.77. The first-order valence-electron chi connectivity index (χ1n) is 6.25. The highest BCUT2D eigenvalue weighted by atomic mass is 79.9. The van der Waals surface area contributed by atoms with Gasteiger partial charge in [-0.3, -0.25) is 0 Å². The smallest absolute Gasteiger partial charge is 0.196 e. The van der Waals surface area contributed by atoms with Crippen LogP contribution in [0.5, 0.6) is 0 Å². The van der Waals surface area contributed by atoms with Gasteiger partial charge in [-0.25, -0.2) is 13.2 Å². The van der Waals surface area contributed by atoms with Crippen molar-refractivity contribution in [3.05, 3.63) is 63.4 Å². The van der Waals surface area contributed by atoms with Gasteiger partial charge in [-0.05, 0) is 42.2 Å². The van der Waals surface area contributed by atoms with Gasteiger partial charge in [-0.2, -0.15) is 0 Å². The molecule has 1 N–H and O–H groups in total. The highest BCUT2D eigenvalue weighted by Crippen LogP contribution is 2.38. The lowest BCUT2D eigenvalue weighted by atomic mass is 10.1. The Balaban J connectivity index is 1.92. The van der Waals surface area contributed by atoms with Gasteiger partial charge in [0.1, 0.15) is 0 Å². The zero-order valence-corrected chi connectivity index (χ0v) is 12.0. The Morgan fingerprint density at radius 2 is 1.85 bits per heavy atom. The maximum atomic E-state index is 13.7. The Kier molecular flexibility index (Phi) is 3.46. The van der Waals surface area contributed by atoms with Crippen LogP contribution < -0.4 is 5.32 Å². The van der Waals surface area contributed by atoms with Crippen LogP contribution in [-0.4, -0.2) is 0 Å². The van der Waals surface area contributed by atoms with Crippen molar-refractivity contribution in [3.8, 4) is 0 Å². The molecule has 0 aromatic heterocycles. The van der Waals surface area contributed by atoms with Crippen molar-refractivity contribution >= 4 is 21.6 Å². The first-order valence-corrected chi connectivity index (χ1v) is 7.04. The highest BCUT2D eigenvalue weighted by Gasteiger charge is 2.25. The van der Waals surface area contributed by atoms with E-state index in [2.05, 4.69) is 21.2 Å². The summed E-state index contributed by atoms with van der Waals surface area (Å²) in [5.41, 5.74) is 2.22. The van der Waals surface area contributed by atoms with Crippen molar-refractivity contribution in [1.82, 2.24) is 0 Å². The van der Waals surface area contributed by atoms with Gasteiger partial charge in [0.25, 0.3) is 0 Å². The van der Waals surface area contributed by atoms with E-state index in [1.54, 1.807) is 0 Å². The van der Waals surface area contributed by atoms with Gasteiger partial charge >= 0.3 is 0 Å². The summed E-state index contributed by atoms with van der Waals surface area (Å²) in [6, 6.07) is 7.88. The fourth-order valence-corrected chi connectivity index (χ4v) is 3.16. The molecular formula is C15H11BrF3N. The van der Waals surface area contributed by atoms with E-state index in [1.807, 2.05) is 18.2 Å². The van der Waals surface area contributed by atoms with Gasteiger partial charge in [0, 0.05) is 4.47 Å². The third kappa shape index (κ3) is 2.20. The average molecular weight is 342 g/mol. The third-order valence-electron chi connectivity index (χ3n) is 3.58. The van der Waals surface area contributed by atoms with Gasteiger partial charge < -0.3 is 5.32 Å². The molecule has 0 saturated carbocycles. The van der Waals surface area contributed by atoms with Crippen LogP contribution in [0.4, 0.5) is 18.9 Å². The van der Waals surface area contributed by atoms with Crippen molar-refractivity contribution < 1.29 is 13.2 Å². The molecule has 2 aromatic rings. The molecule has 0 bridgehead atoms. The molecule has 0 fully saturated rings. The zero-order valence-electron chi connectivity index (χ0n) is 10.4. The maximum absolute atomic E-state index is 13.7. The number of rotatable bonds is 2. The van der Waals surface area contributed by atoms with Crippen LogP contribution in [-0.2, 0) is 6.42 Å². The number of hydrogen-bond acceptors (Lipinski definition) is 1. The van der Waals surface area contributed by atoms with E-state index in [1.165, 1.54) is 11.6 Å². The first-order chi connectivity index (χ1) is 9.58. The van der Waals surface area contributed by atoms with E-state index in [9.17, 15) is 13.2 Å². The number of nitrogens with one attached hydrogen (secondary N) is 1. The summed E-state index contributed by atoms with van der Waals surface area (Å²) in [7, 11) is 0. The summed E-state index contributed by atoms with van der Waals surface area (Å²) in [5, 5.41) is 2.96. The van der Waals surface area contributed by atoms with Crippen molar-refractivity contribution in [2.24, 2.45) is 0 Å². The maximum Gasteiger partial charge on any atom is 0.196 e. The Labute approximate surface area is 122 Å². The van der Waals surface area contributed by atoms with E-state index in [0.29, 0.717) is 0 Å². The summed E-state index contributed by atoms with van der Waals surface area (Å²) in [5.74, 6) is -3.79. The minimum atomic E-state index is -1.44. The molecule has 2 aromatic carbocycles. The topological polar surface area (TPSA) is 12.0 Å². The fourth-order valence-electron chi connectivity index (χ4n) is 2.58. The molecule has 0 aliphatic heterocycles. The number of fused-ring (bicyclic) bond motifs is 1. The van der Waals surface area contributed by atoms with Gasteiger partial charge in [-0.1, -0.05) is 28.1 Å². The molecule has 3 rings (SSSR count). The summed E-state index contributed by atoms with van der Waals surface area (Å²) in [4.78, 5) is 0. The largest absolute Gasteiger partial charge is 0.376 e. The van der Waals surface area contributed by atoms with Gasteiger partial charge in [-0.15, -0.1) is 0 Å². The second kappa shape index (κ2) is 5.13. The number of benzene rings is 2. The Bertz CT molecular complexity index is 672. The number of halogens is 4. The lowest BCUT2D eigenvalue weighted by Crippen LogP contribution is -2.09. The molecule has 1 nitrogen and oxygen atoms in total. The lowest BCUT2D eigenvalue weighted by Gasteiger charge is -2.16. The van der Waals surface area contributed by atoms with E-state index >= 15 is 0 Å². The Morgan fingerprint density at radius 1 is 1.05 bits per heavy atom. The van der Waals surface area contributed by atoms with E-state index in [-0.39, 0.29) is 11.7 Å². The summed E-state index contributed by atoms with van der Waals surface area (Å²) < 4.78 is 40.8. The van der Waals surface area contributed by atoms with Gasteiger partial charge in [0.2, 0.25) is 0 Å². The van der Waals surface area contributed by atoms with Crippen LogP contribution in [0.2, 0.25) is 0 Å². The molecule has 0 spiro atoms. The summed E-state index contributed by atoms with van der Waals surface area (Å²) in [6.07, 6.45) is 1.65. The SMILES string of the molecule is Fc1ccc(NC2CCc3c(Br)cccc32)c(F)c1F. The lowest BCUT2D eigenvalue weighted by molar-refractivity contribution is 0.448. The normalized spacial score (nSPS) is 17.1. The Hall–Kier alpha value is -1.49. The van der Waals surface area contributed by atoms with Crippen LogP contribution in [0.3, 0.4) is 0 Å². The van der Waals surface area contributed by atoms with Crippen LogP contribution in [0, 0.1) is 17.5 Å². The van der Waals surface area contributed by atoms with Gasteiger partial charge in [0.15, 0.2) is 17.5 Å². The molecular weight excluding hydrogens is 331 g/mol. The minimum absolute atomic E-state index is 0.0123. The molecule has 1 aliphatic carbocycles. The van der Waals surface area contributed by atoms with E-state index in [4.69, 9.17) is 0 Å². The third-order valence-corrected chi connectivity index (χ3v) is 4.32. The molecule has 0 radical (unpaired) electrons. The predicted octanol–water partition coefficient (Wildman–Crippen LogP) is 4.97. The molecule has 0 heterocycles. The molecule has 1 aliphatic rings. The monoisotopic (exact) mass is 341 g/mol. The molecule has 0 amide bonds. The van der Waals surface area contributed by atoms with Crippen LogP contribution in [0.15, 0.2) is 34.8 Å². The van der Waals surface area contributed by atoms with Crippen LogP contribution >= 0.6 is 15.9 Å². The first kappa shape index (κ1) is 13.5. The zero-order chi connectivity index (χ0) is 14.3. The molecule has 0 saturated heterocycles. The quantitative estimate of drug-likeness (QED) is 0.760. The summed E-state index contributed by atoms with van der Waals surface area (Å²) in [6.45, 7) is 0. The van der Waals surface area contributed by atoms with E-state index in [0.717, 1.165) is 28.9 Å². The molecule has 5 heteroatoms. The van der Waals surface area contributed by atoms with Crippen LogP contribution in [0.1, 0.15) is 23.6 Å². The predicted molar refractivity (Wildman–Crippen MR) is 75.1 cm³/mol. The molecule has 104 valence electrons. The van der Waals surface area contributed by atoms with Crippen molar-refractivity contribution in [2.75, 3.05) is 5.32 Å². The standard InChI is InChI=1S/C15H11BrF3N/c16-10-3-1-2-9-8(10)4-6-12(9)20-13-7-5-11(17)14(18)15(13)19/h1-3,5,7,12,20H,4,6H2. The van der Waals surface area contributed by atoms with Crippen LogP contribution in [0.25, 0.3) is 0 Å². The molecule has 20 heavy (non-hydrogen) atoms. The second-order valence-corrected chi connectivity index (χ2v) is 5.62. The average Bonchev–Trinajstić information content (AvgIpc) is 2.84.